The molecule has 0 amide bonds. The van der Waals surface area contributed by atoms with Gasteiger partial charge in [-0.15, -0.1) is 0 Å². The number of hydrogen-bond acceptors (Lipinski definition) is 9. The van der Waals surface area contributed by atoms with E-state index in [1.807, 2.05) is 16.7 Å². The molecule has 4 N–H and O–H groups in total. The number of ether oxygens (including phenoxy) is 1. The molecule has 3 aromatic rings. The number of anilines is 1. The fourth-order valence-electron chi connectivity index (χ4n) is 3.60. The van der Waals surface area contributed by atoms with Crippen LogP contribution in [0.25, 0.3) is 11.2 Å². The van der Waals surface area contributed by atoms with Crippen LogP contribution >= 0.6 is 23.7 Å². The Hall–Kier alpha value is -2.99. The Morgan fingerprint density at radius 1 is 1.37 bits per heavy atom. The minimum absolute atomic E-state index is 0.0289. The van der Waals surface area contributed by atoms with Crippen molar-refractivity contribution in [3.05, 3.63) is 47.2 Å². The molecule has 1 aromatic carbocycles. The fourth-order valence-corrected chi connectivity index (χ4v) is 5.66. The SMILES string of the molecule is COc1nc(N)nc2c1ncn2[C@H]1C=C[C@@H](COP(=O)(N[C@@H](C)C(=O)O)Oc2ccccc2Br)C1. The fraction of sp³-hybridized carbons (Fsp3) is 0.333. The van der Waals surface area contributed by atoms with E-state index in [1.54, 1.807) is 30.6 Å². The smallest absolute Gasteiger partial charge is 0.459 e. The predicted molar refractivity (Wildman–Crippen MR) is 131 cm³/mol. The Bertz CT molecular complexity index is 1320. The van der Waals surface area contributed by atoms with Gasteiger partial charge >= 0.3 is 13.7 Å². The molecule has 1 unspecified atom stereocenters. The first-order valence-electron chi connectivity index (χ1n) is 10.6. The summed E-state index contributed by atoms with van der Waals surface area (Å²) in [6, 6.07) is 5.52. The number of rotatable bonds is 10. The maximum Gasteiger partial charge on any atom is 0.459 e. The molecule has 1 aliphatic rings. The van der Waals surface area contributed by atoms with Crippen LogP contribution in [0.5, 0.6) is 11.6 Å². The molecule has 35 heavy (non-hydrogen) atoms. The maximum absolute atomic E-state index is 13.5. The van der Waals surface area contributed by atoms with Gasteiger partial charge in [-0.3, -0.25) is 9.32 Å². The number of halogens is 1. The van der Waals surface area contributed by atoms with Crippen LogP contribution in [0.4, 0.5) is 5.95 Å². The third-order valence-electron chi connectivity index (χ3n) is 5.34. The van der Waals surface area contributed by atoms with Crippen LogP contribution in [0, 0.1) is 5.92 Å². The summed E-state index contributed by atoms with van der Waals surface area (Å²) in [6.45, 7) is 1.39. The normalized spacial score (nSPS) is 20.0. The molecule has 0 bridgehead atoms. The quantitative estimate of drug-likeness (QED) is 0.242. The summed E-state index contributed by atoms with van der Waals surface area (Å²) >= 11 is 3.33. The van der Waals surface area contributed by atoms with Crippen molar-refractivity contribution in [3.8, 4) is 11.6 Å². The van der Waals surface area contributed by atoms with Crippen molar-refractivity contribution < 1.29 is 28.3 Å². The molecule has 0 fully saturated rings. The molecule has 14 heteroatoms. The number of allylic oxidation sites excluding steroid dienone is 1. The first-order chi connectivity index (χ1) is 16.7. The summed E-state index contributed by atoms with van der Waals surface area (Å²) in [7, 11) is -2.55. The summed E-state index contributed by atoms with van der Waals surface area (Å²) in [4.78, 5) is 24.0. The van der Waals surface area contributed by atoms with E-state index in [-0.39, 0.29) is 36.1 Å². The third-order valence-corrected chi connectivity index (χ3v) is 7.63. The number of aromatic nitrogens is 4. The largest absolute Gasteiger partial charge is 0.480 e. The van der Waals surface area contributed by atoms with Crippen LogP contribution in [0.2, 0.25) is 0 Å². The Morgan fingerprint density at radius 3 is 2.86 bits per heavy atom. The number of imidazole rings is 1. The molecule has 1 aliphatic carbocycles. The van der Waals surface area contributed by atoms with Crippen molar-refractivity contribution in [2.24, 2.45) is 5.92 Å². The molecule has 0 radical (unpaired) electrons. The van der Waals surface area contributed by atoms with Crippen LogP contribution < -0.4 is 20.1 Å². The summed E-state index contributed by atoms with van der Waals surface area (Å²) in [5.74, 6) is -0.693. The lowest BCUT2D eigenvalue weighted by atomic mass is 10.1. The van der Waals surface area contributed by atoms with Crippen LogP contribution in [0.1, 0.15) is 19.4 Å². The van der Waals surface area contributed by atoms with Gasteiger partial charge in [0.25, 0.3) is 0 Å². The van der Waals surface area contributed by atoms with Gasteiger partial charge in [-0.2, -0.15) is 15.1 Å². The number of para-hydroxylation sites is 1. The number of nitrogens with zero attached hydrogens (tertiary/aromatic N) is 4. The first kappa shape index (κ1) is 25.1. The van der Waals surface area contributed by atoms with Gasteiger partial charge in [0, 0.05) is 5.92 Å². The molecule has 2 aromatic heterocycles. The van der Waals surface area contributed by atoms with Crippen LogP contribution in [-0.4, -0.2) is 50.4 Å². The number of aliphatic carboxylic acids is 1. The van der Waals surface area contributed by atoms with E-state index in [2.05, 4.69) is 36.0 Å². The van der Waals surface area contributed by atoms with Crippen molar-refractivity contribution in [2.45, 2.75) is 25.4 Å². The van der Waals surface area contributed by atoms with Gasteiger partial charge in [0.15, 0.2) is 11.2 Å². The second-order valence-corrected chi connectivity index (χ2v) is 10.4. The van der Waals surface area contributed by atoms with Gasteiger partial charge in [-0.25, -0.2) is 9.55 Å². The average molecular weight is 567 g/mol. The molecule has 0 saturated heterocycles. The van der Waals surface area contributed by atoms with Gasteiger partial charge in [0.2, 0.25) is 11.8 Å². The summed E-state index contributed by atoms with van der Waals surface area (Å²) in [5.41, 5.74) is 6.83. The van der Waals surface area contributed by atoms with E-state index in [4.69, 9.17) is 19.5 Å². The van der Waals surface area contributed by atoms with Gasteiger partial charge in [-0.1, -0.05) is 24.3 Å². The molecule has 186 valence electrons. The summed E-state index contributed by atoms with van der Waals surface area (Å²) in [6.07, 6.45) is 6.13. The first-order valence-corrected chi connectivity index (χ1v) is 12.9. The van der Waals surface area contributed by atoms with Crippen LogP contribution in [-0.2, 0) is 13.9 Å². The molecular formula is C21H24BrN6O6P. The molecule has 4 rings (SSSR count). The second kappa shape index (κ2) is 10.3. The number of carbonyl (C=O) groups is 1. The lowest BCUT2D eigenvalue weighted by molar-refractivity contribution is -0.138. The number of carboxylic acids is 1. The third kappa shape index (κ3) is 5.64. The Morgan fingerprint density at radius 2 is 2.14 bits per heavy atom. The Labute approximate surface area is 209 Å². The highest BCUT2D eigenvalue weighted by Crippen LogP contribution is 2.47. The Kier molecular flexibility index (Phi) is 7.41. The van der Waals surface area contributed by atoms with Crippen molar-refractivity contribution in [3.63, 3.8) is 0 Å². The maximum atomic E-state index is 13.5. The predicted octanol–water partition coefficient (Wildman–Crippen LogP) is 3.56. The topological polar surface area (TPSA) is 164 Å². The van der Waals surface area contributed by atoms with Gasteiger partial charge < -0.3 is 24.7 Å². The molecule has 0 aliphatic heterocycles. The van der Waals surface area contributed by atoms with Crippen LogP contribution in [0.15, 0.2) is 47.2 Å². The summed E-state index contributed by atoms with van der Waals surface area (Å²) in [5, 5.41) is 11.8. The van der Waals surface area contributed by atoms with Crippen LogP contribution in [0.3, 0.4) is 0 Å². The molecular weight excluding hydrogens is 543 g/mol. The van der Waals surface area contributed by atoms with Crippen molar-refractivity contribution in [1.82, 2.24) is 24.6 Å². The molecule has 0 spiro atoms. The number of carboxylic acid groups (broad SMARTS) is 1. The van der Waals surface area contributed by atoms with E-state index >= 15 is 0 Å². The molecule has 12 nitrogen and oxygen atoms in total. The van der Waals surface area contributed by atoms with E-state index in [0.29, 0.717) is 22.1 Å². The lowest BCUT2D eigenvalue weighted by Gasteiger charge is -2.23. The highest BCUT2D eigenvalue weighted by atomic mass is 79.9. The number of nitrogen functional groups attached to an aromatic ring is 1. The van der Waals surface area contributed by atoms with E-state index in [0.717, 1.165) is 0 Å². The number of fused-ring (bicyclic) bond motifs is 1. The standard InChI is InChI=1S/C21H24BrN6O6P/c1-12(20(29)30)27-35(31,34-16-6-4-3-5-15(16)22)33-10-13-7-8-14(9-13)28-11-24-17-18(28)25-21(23)26-19(17)32-2/h3-8,11-14H,9-10H2,1-2H3,(H,27,31)(H,29,30)(H2,23,25,26)/t12-,13+,14-,35?/m0/s1. The lowest BCUT2D eigenvalue weighted by Crippen LogP contribution is -2.33. The number of methoxy groups -OCH3 is 1. The molecule has 4 atom stereocenters. The number of hydrogen-bond donors (Lipinski definition) is 3. The zero-order chi connectivity index (χ0) is 25.2. The van der Waals surface area contributed by atoms with Crippen molar-refractivity contribution in [2.75, 3.05) is 19.5 Å². The van der Waals surface area contributed by atoms with E-state index < -0.39 is 19.8 Å². The second-order valence-electron chi connectivity index (χ2n) is 7.87. The van der Waals surface area contributed by atoms with Gasteiger partial charge in [-0.05, 0) is 41.4 Å². The molecule has 0 saturated carbocycles. The minimum atomic E-state index is -4.03. The van der Waals surface area contributed by atoms with E-state index in [1.165, 1.54) is 14.0 Å². The molecule has 2 heterocycles. The average Bonchev–Trinajstić information content (AvgIpc) is 3.45. The van der Waals surface area contributed by atoms with Crippen molar-refractivity contribution >= 4 is 46.8 Å². The number of benzene rings is 1. The zero-order valence-corrected chi connectivity index (χ0v) is 21.3. The monoisotopic (exact) mass is 566 g/mol. The van der Waals surface area contributed by atoms with E-state index in [9.17, 15) is 14.5 Å². The van der Waals surface area contributed by atoms with Gasteiger partial charge in [0.05, 0.1) is 30.6 Å². The zero-order valence-electron chi connectivity index (χ0n) is 18.9. The Balaban J connectivity index is 1.48. The van der Waals surface area contributed by atoms with Crippen molar-refractivity contribution in [1.29, 1.82) is 0 Å². The number of nitrogens with two attached hydrogens (primary N) is 1. The summed E-state index contributed by atoms with van der Waals surface area (Å²) < 4.78 is 32.5. The van der Waals surface area contributed by atoms with Gasteiger partial charge in [0.1, 0.15) is 11.8 Å². The minimum Gasteiger partial charge on any atom is -0.480 e. The highest BCUT2D eigenvalue weighted by molar-refractivity contribution is 9.10. The number of nitrogens with one attached hydrogen (secondary N) is 1. The highest BCUT2D eigenvalue weighted by Gasteiger charge is 2.34.